The minimum atomic E-state index is -0.131. The van der Waals surface area contributed by atoms with Crippen LogP contribution in [0, 0.1) is 6.92 Å². The fourth-order valence-electron chi connectivity index (χ4n) is 1.32. The van der Waals surface area contributed by atoms with Crippen LogP contribution in [-0.4, -0.2) is 0 Å². The van der Waals surface area contributed by atoms with Gasteiger partial charge in [0.15, 0.2) is 4.67 Å². The van der Waals surface area contributed by atoms with Crippen molar-refractivity contribution < 1.29 is 4.42 Å². The number of thiophene rings is 1. The molecular formula is C10H9Br2NOS. The molecule has 2 N–H and O–H groups in total. The van der Waals surface area contributed by atoms with Gasteiger partial charge in [0, 0.05) is 10.4 Å². The first-order valence-corrected chi connectivity index (χ1v) is 6.74. The Labute approximate surface area is 109 Å². The fourth-order valence-corrected chi connectivity index (χ4v) is 3.40. The number of nitrogens with two attached hydrogens (primary N) is 1. The molecule has 2 aromatic rings. The molecule has 1 unspecified atom stereocenters. The molecule has 0 bridgehead atoms. The van der Waals surface area contributed by atoms with E-state index in [-0.39, 0.29) is 6.04 Å². The number of aryl methyl sites for hydroxylation is 1. The minimum Gasteiger partial charge on any atom is -0.457 e. The highest BCUT2D eigenvalue weighted by Crippen LogP contribution is 2.35. The van der Waals surface area contributed by atoms with Gasteiger partial charge in [0.2, 0.25) is 0 Å². The second-order valence-electron chi connectivity index (χ2n) is 3.23. The number of hydrogen-bond donors (Lipinski definition) is 1. The van der Waals surface area contributed by atoms with Crippen molar-refractivity contribution in [3.05, 3.63) is 42.9 Å². The van der Waals surface area contributed by atoms with Crippen molar-refractivity contribution in [2.75, 3.05) is 0 Å². The molecule has 0 saturated carbocycles. The second-order valence-corrected chi connectivity index (χ2v) is 6.35. The molecule has 0 radical (unpaired) electrons. The summed E-state index contributed by atoms with van der Waals surface area (Å²) in [5, 5.41) is 0. The lowest BCUT2D eigenvalue weighted by Gasteiger charge is -2.06. The fraction of sp³-hybridized carbons (Fsp3) is 0.200. The zero-order chi connectivity index (χ0) is 11.0. The monoisotopic (exact) mass is 349 g/mol. The van der Waals surface area contributed by atoms with Gasteiger partial charge < -0.3 is 10.2 Å². The third-order valence-corrected chi connectivity index (χ3v) is 5.03. The first-order valence-electron chi connectivity index (χ1n) is 4.34. The largest absolute Gasteiger partial charge is 0.457 e. The molecule has 2 aromatic heterocycles. The number of halogens is 2. The summed E-state index contributed by atoms with van der Waals surface area (Å²) in [6.07, 6.45) is 1.63. The molecule has 15 heavy (non-hydrogen) atoms. The van der Waals surface area contributed by atoms with Crippen molar-refractivity contribution in [2.24, 2.45) is 5.73 Å². The molecule has 5 heteroatoms. The van der Waals surface area contributed by atoms with Crippen LogP contribution in [0.25, 0.3) is 0 Å². The topological polar surface area (TPSA) is 39.2 Å². The van der Waals surface area contributed by atoms with Crippen molar-refractivity contribution in [1.82, 2.24) is 0 Å². The summed E-state index contributed by atoms with van der Waals surface area (Å²) in [5.74, 6) is 0. The smallest absolute Gasteiger partial charge is 0.174 e. The quantitative estimate of drug-likeness (QED) is 0.880. The maximum Gasteiger partial charge on any atom is 0.174 e. The van der Waals surface area contributed by atoms with Crippen molar-refractivity contribution >= 4 is 43.2 Å². The van der Waals surface area contributed by atoms with Gasteiger partial charge in [-0.2, -0.15) is 0 Å². The summed E-state index contributed by atoms with van der Waals surface area (Å²) >= 11 is 8.49. The zero-order valence-electron chi connectivity index (χ0n) is 7.96. The molecular weight excluding hydrogens is 342 g/mol. The predicted octanol–water partition coefficient (Wildman–Crippen LogP) is 4.22. The molecule has 0 aliphatic carbocycles. The summed E-state index contributed by atoms with van der Waals surface area (Å²) < 4.78 is 7.01. The van der Waals surface area contributed by atoms with E-state index in [1.807, 2.05) is 6.07 Å². The summed E-state index contributed by atoms with van der Waals surface area (Å²) in [5.41, 5.74) is 8.33. The van der Waals surface area contributed by atoms with Gasteiger partial charge in [-0.15, -0.1) is 11.3 Å². The van der Waals surface area contributed by atoms with Crippen molar-refractivity contribution in [1.29, 1.82) is 0 Å². The lowest BCUT2D eigenvalue weighted by Crippen LogP contribution is -2.09. The van der Waals surface area contributed by atoms with Crippen LogP contribution in [0.4, 0.5) is 0 Å². The van der Waals surface area contributed by atoms with Gasteiger partial charge >= 0.3 is 0 Å². The molecule has 80 valence electrons. The van der Waals surface area contributed by atoms with E-state index >= 15 is 0 Å². The average molecular weight is 351 g/mol. The Hall–Kier alpha value is -0.100. The van der Waals surface area contributed by atoms with Crippen LogP contribution in [0.1, 0.15) is 22.0 Å². The van der Waals surface area contributed by atoms with E-state index in [0.717, 1.165) is 14.2 Å². The van der Waals surface area contributed by atoms with Gasteiger partial charge in [-0.1, -0.05) is 0 Å². The SMILES string of the molecule is Cc1cc(C(N)c2ccoc2Br)sc1Br. The van der Waals surface area contributed by atoms with Gasteiger partial charge in [0.1, 0.15) is 0 Å². The molecule has 0 amide bonds. The predicted molar refractivity (Wildman–Crippen MR) is 69.2 cm³/mol. The minimum absolute atomic E-state index is 0.131. The molecule has 0 spiro atoms. The molecule has 0 saturated heterocycles. The molecule has 2 rings (SSSR count). The van der Waals surface area contributed by atoms with Crippen molar-refractivity contribution in [3.8, 4) is 0 Å². The number of hydrogen-bond acceptors (Lipinski definition) is 3. The lowest BCUT2D eigenvalue weighted by atomic mass is 10.1. The van der Waals surface area contributed by atoms with Crippen LogP contribution in [0.3, 0.4) is 0 Å². The first kappa shape index (κ1) is 11.4. The molecule has 2 nitrogen and oxygen atoms in total. The standard InChI is InChI=1S/C10H9Br2NOS/c1-5-4-7(15-10(5)12)8(13)6-2-3-14-9(6)11/h2-4,8H,13H2,1H3. The molecule has 0 fully saturated rings. The normalized spacial score (nSPS) is 13.1. The number of furan rings is 1. The van der Waals surface area contributed by atoms with Crippen LogP contribution in [0.2, 0.25) is 0 Å². The zero-order valence-corrected chi connectivity index (χ0v) is 11.9. The van der Waals surface area contributed by atoms with Crippen LogP contribution in [-0.2, 0) is 0 Å². The average Bonchev–Trinajstić information content (AvgIpc) is 2.74. The van der Waals surface area contributed by atoms with Gasteiger partial charge in [0.05, 0.1) is 16.1 Å². The Morgan fingerprint density at radius 3 is 2.67 bits per heavy atom. The van der Waals surface area contributed by atoms with E-state index in [0.29, 0.717) is 4.67 Å². The highest BCUT2D eigenvalue weighted by Gasteiger charge is 2.17. The maximum atomic E-state index is 6.14. The second kappa shape index (κ2) is 4.41. The van der Waals surface area contributed by atoms with E-state index in [2.05, 4.69) is 44.8 Å². The van der Waals surface area contributed by atoms with Crippen LogP contribution in [0.5, 0.6) is 0 Å². The van der Waals surface area contributed by atoms with Gasteiger partial charge in [0.25, 0.3) is 0 Å². The van der Waals surface area contributed by atoms with Crippen LogP contribution in [0.15, 0.2) is 31.3 Å². The summed E-state index contributed by atoms with van der Waals surface area (Å²) in [7, 11) is 0. The third kappa shape index (κ3) is 2.20. The Balaban J connectivity index is 2.36. The first-order chi connectivity index (χ1) is 7.09. The van der Waals surface area contributed by atoms with Gasteiger partial charge in [-0.05, 0) is 56.5 Å². The van der Waals surface area contributed by atoms with Crippen LogP contribution < -0.4 is 5.73 Å². The summed E-state index contributed by atoms with van der Waals surface area (Å²) in [6.45, 7) is 2.06. The van der Waals surface area contributed by atoms with E-state index < -0.39 is 0 Å². The Kier molecular flexibility index (Phi) is 3.35. The van der Waals surface area contributed by atoms with Crippen molar-refractivity contribution in [3.63, 3.8) is 0 Å². The molecule has 1 atom stereocenters. The number of rotatable bonds is 2. The van der Waals surface area contributed by atoms with E-state index in [1.54, 1.807) is 17.6 Å². The lowest BCUT2D eigenvalue weighted by molar-refractivity contribution is 0.535. The summed E-state index contributed by atoms with van der Waals surface area (Å²) in [4.78, 5) is 1.13. The molecule has 2 heterocycles. The van der Waals surface area contributed by atoms with Gasteiger partial charge in [-0.25, -0.2) is 0 Å². The Morgan fingerprint density at radius 1 is 1.47 bits per heavy atom. The Bertz CT molecular complexity index is 458. The highest BCUT2D eigenvalue weighted by atomic mass is 79.9. The van der Waals surface area contributed by atoms with E-state index in [9.17, 15) is 0 Å². The third-order valence-electron chi connectivity index (χ3n) is 2.16. The molecule has 0 aliphatic heterocycles. The maximum absolute atomic E-state index is 6.14. The van der Waals surface area contributed by atoms with E-state index in [4.69, 9.17) is 10.2 Å². The van der Waals surface area contributed by atoms with Crippen LogP contribution >= 0.6 is 43.2 Å². The molecule has 0 aliphatic rings. The molecule has 0 aromatic carbocycles. The van der Waals surface area contributed by atoms with Gasteiger partial charge in [-0.3, -0.25) is 0 Å². The summed E-state index contributed by atoms with van der Waals surface area (Å²) in [6, 6.07) is 3.85. The van der Waals surface area contributed by atoms with Crippen molar-refractivity contribution in [2.45, 2.75) is 13.0 Å². The Morgan fingerprint density at radius 2 is 2.20 bits per heavy atom. The van der Waals surface area contributed by atoms with E-state index in [1.165, 1.54) is 5.56 Å². The highest BCUT2D eigenvalue weighted by molar-refractivity contribution is 9.11.